The zero-order valence-electron chi connectivity index (χ0n) is 16.5. The molecule has 0 aliphatic carbocycles. The third-order valence-electron chi connectivity index (χ3n) is 4.81. The Balaban J connectivity index is 1.79. The number of halogens is 1. The van der Waals surface area contributed by atoms with Gasteiger partial charge in [0.15, 0.2) is 0 Å². The van der Waals surface area contributed by atoms with Crippen LogP contribution in [0.5, 0.6) is 0 Å². The Kier molecular flexibility index (Phi) is 9.45. The number of phosphoric ester groups is 1. The lowest BCUT2D eigenvalue weighted by molar-refractivity contribution is -0.0446. The van der Waals surface area contributed by atoms with Gasteiger partial charge in [0.1, 0.15) is 5.82 Å². The normalized spacial score (nSPS) is 16.9. The summed E-state index contributed by atoms with van der Waals surface area (Å²) in [5.41, 5.74) is 1.08. The number of benzene rings is 1. The van der Waals surface area contributed by atoms with E-state index < -0.39 is 14.2 Å². The minimum atomic E-state index is -4.59. The van der Waals surface area contributed by atoms with E-state index in [1.54, 1.807) is 12.1 Å². The predicted molar refractivity (Wildman–Crippen MR) is 108 cm³/mol. The van der Waals surface area contributed by atoms with E-state index in [2.05, 4.69) is 6.92 Å². The van der Waals surface area contributed by atoms with Crippen LogP contribution in [0.3, 0.4) is 0 Å². The van der Waals surface area contributed by atoms with Crippen molar-refractivity contribution in [3.8, 4) is 0 Å². The summed E-state index contributed by atoms with van der Waals surface area (Å²) in [5, 5.41) is 0. The maximum absolute atomic E-state index is 12.9. The van der Waals surface area contributed by atoms with Crippen molar-refractivity contribution in [2.45, 2.75) is 64.6 Å². The van der Waals surface area contributed by atoms with Crippen LogP contribution < -0.4 is 0 Å². The van der Waals surface area contributed by atoms with Crippen molar-refractivity contribution < 1.29 is 23.3 Å². The van der Waals surface area contributed by atoms with Crippen molar-refractivity contribution >= 4 is 7.82 Å². The predicted octanol–water partition coefficient (Wildman–Crippen LogP) is 4.60. The summed E-state index contributed by atoms with van der Waals surface area (Å²) >= 11 is 0. The fraction of sp³-hybridized carbons (Fsp3) is 0.600. The van der Waals surface area contributed by atoms with Gasteiger partial charge in [-0.05, 0) is 43.4 Å². The molecule has 2 rings (SSSR count). The Morgan fingerprint density at radius 1 is 0.964 bits per heavy atom. The molecule has 158 valence electrons. The molecule has 1 aromatic rings. The second-order valence-electron chi connectivity index (χ2n) is 7.19. The van der Waals surface area contributed by atoms with Gasteiger partial charge in [0.05, 0.1) is 0 Å². The highest BCUT2D eigenvalue weighted by Gasteiger charge is 2.32. The van der Waals surface area contributed by atoms with E-state index in [0.29, 0.717) is 13.1 Å². The molecule has 1 aliphatic rings. The summed E-state index contributed by atoms with van der Waals surface area (Å²) in [6.45, 7) is 3.51. The van der Waals surface area contributed by atoms with Gasteiger partial charge in [-0.1, -0.05) is 44.7 Å². The number of nitrogens with zero attached hydrogens (tertiary/aromatic N) is 2. The van der Waals surface area contributed by atoms with Gasteiger partial charge < -0.3 is 19.6 Å². The average molecular weight is 414 g/mol. The topological polar surface area (TPSA) is 73.2 Å². The van der Waals surface area contributed by atoms with Gasteiger partial charge in [0, 0.05) is 25.5 Å². The van der Waals surface area contributed by atoms with Gasteiger partial charge >= 0.3 is 7.82 Å². The van der Waals surface area contributed by atoms with Crippen molar-refractivity contribution in [2.75, 3.05) is 13.1 Å². The van der Waals surface area contributed by atoms with Crippen LogP contribution >= 0.6 is 7.82 Å². The van der Waals surface area contributed by atoms with Crippen molar-refractivity contribution in [2.24, 2.45) is 0 Å². The summed E-state index contributed by atoms with van der Waals surface area (Å²) in [6, 6.07) is 6.48. The Morgan fingerprint density at radius 2 is 1.54 bits per heavy atom. The second-order valence-corrected chi connectivity index (χ2v) is 8.39. The molecule has 2 N–H and O–H groups in total. The van der Waals surface area contributed by atoms with Gasteiger partial charge in [0.2, 0.25) is 6.35 Å². The van der Waals surface area contributed by atoms with E-state index in [9.17, 15) is 18.7 Å². The number of aryl methyl sites for hydroxylation is 1. The Bertz CT molecular complexity index is 650. The maximum atomic E-state index is 12.9. The molecule has 8 heteroatoms. The molecule has 28 heavy (non-hydrogen) atoms. The molecule has 0 amide bonds. The Morgan fingerprint density at radius 3 is 2.11 bits per heavy atom. The van der Waals surface area contributed by atoms with E-state index in [4.69, 9.17) is 4.52 Å². The molecule has 0 saturated heterocycles. The van der Waals surface area contributed by atoms with Gasteiger partial charge in [0.25, 0.3) is 0 Å². The molecule has 0 aromatic heterocycles. The second kappa shape index (κ2) is 11.6. The van der Waals surface area contributed by atoms with E-state index in [0.717, 1.165) is 37.7 Å². The Hall–Kier alpha value is -1.40. The highest BCUT2D eigenvalue weighted by molar-refractivity contribution is 7.46. The third-order valence-corrected chi connectivity index (χ3v) is 5.28. The largest absolute Gasteiger partial charge is 0.472 e. The van der Waals surface area contributed by atoms with Gasteiger partial charge in [-0.2, -0.15) is 0 Å². The van der Waals surface area contributed by atoms with Crippen molar-refractivity contribution in [1.29, 1.82) is 0 Å². The van der Waals surface area contributed by atoms with Crippen LogP contribution in [-0.2, 0) is 15.5 Å². The van der Waals surface area contributed by atoms with E-state index in [-0.39, 0.29) is 5.82 Å². The van der Waals surface area contributed by atoms with Crippen LogP contribution in [0.1, 0.15) is 57.4 Å². The minimum absolute atomic E-state index is 0.238. The molecule has 1 heterocycles. The van der Waals surface area contributed by atoms with Crippen LogP contribution in [0.2, 0.25) is 0 Å². The van der Waals surface area contributed by atoms with Crippen LogP contribution in [0, 0.1) is 5.82 Å². The van der Waals surface area contributed by atoms with Crippen molar-refractivity contribution in [3.63, 3.8) is 0 Å². The first-order valence-electron chi connectivity index (χ1n) is 10.1. The molecule has 0 saturated carbocycles. The first-order valence-corrected chi connectivity index (χ1v) is 11.6. The number of hydrogen-bond donors (Lipinski definition) is 2. The fourth-order valence-corrected chi connectivity index (χ4v) is 3.78. The first-order chi connectivity index (χ1) is 13.4. The molecule has 0 spiro atoms. The van der Waals surface area contributed by atoms with Crippen molar-refractivity contribution in [3.05, 3.63) is 48.0 Å². The van der Waals surface area contributed by atoms with Crippen LogP contribution in [0.25, 0.3) is 0 Å². The zero-order valence-corrected chi connectivity index (χ0v) is 17.4. The number of unbranched alkanes of at least 4 members (excludes halogenated alkanes) is 5. The molecule has 6 nitrogen and oxygen atoms in total. The molecule has 0 radical (unpaired) electrons. The van der Waals surface area contributed by atoms with E-state index in [1.165, 1.54) is 31.4 Å². The standard InChI is InChI=1S/C20H32FN2O4P/c1-2-3-4-5-7-14-22-16-17-23(20(22)27-28(24,25)26)15-8-6-9-18-10-12-19(21)13-11-18/h10-13,16-17,20H,2-9,14-15H2,1H3,(H2,24,25,26). The summed E-state index contributed by atoms with van der Waals surface area (Å²) < 4.78 is 29.4. The summed E-state index contributed by atoms with van der Waals surface area (Å²) in [5.74, 6) is -0.238. The van der Waals surface area contributed by atoms with Gasteiger partial charge in [-0.3, -0.25) is 0 Å². The molecule has 0 bridgehead atoms. The molecular formula is C20H32FN2O4P. The molecule has 0 fully saturated rings. The average Bonchev–Trinajstić information content (AvgIpc) is 3.00. The summed E-state index contributed by atoms with van der Waals surface area (Å²) in [4.78, 5) is 22.2. The molecule has 1 atom stereocenters. The number of hydrogen-bond acceptors (Lipinski definition) is 4. The van der Waals surface area contributed by atoms with Crippen LogP contribution in [0.4, 0.5) is 4.39 Å². The fourth-order valence-electron chi connectivity index (χ4n) is 3.30. The summed E-state index contributed by atoms with van der Waals surface area (Å²) in [6.07, 6.45) is 11.1. The highest BCUT2D eigenvalue weighted by atomic mass is 31.2. The maximum Gasteiger partial charge on any atom is 0.472 e. The molecule has 1 aromatic carbocycles. The van der Waals surface area contributed by atoms with Gasteiger partial charge in [-0.15, -0.1) is 0 Å². The quantitative estimate of drug-likeness (QED) is 0.363. The summed E-state index contributed by atoms with van der Waals surface area (Å²) in [7, 11) is -4.59. The van der Waals surface area contributed by atoms with Crippen LogP contribution in [0.15, 0.2) is 36.7 Å². The van der Waals surface area contributed by atoms with E-state index >= 15 is 0 Å². The highest BCUT2D eigenvalue weighted by Crippen LogP contribution is 2.40. The smallest absolute Gasteiger partial charge is 0.334 e. The lowest BCUT2D eigenvalue weighted by atomic mass is 10.1. The van der Waals surface area contributed by atoms with Gasteiger partial charge in [-0.25, -0.2) is 13.5 Å². The lowest BCUT2D eigenvalue weighted by Gasteiger charge is -2.32. The molecule has 1 unspecified atom stereocenters. The van der Waals surface area contributed by atoms with E-state index in [1.807, 2.05) is 22.2 Å². The number of rotatable bonds is 13. The number of phosphoric acid groups is 1. The SMILES string of the molecule is CCCCCCCN1C=CN(CCCCc2ccc(F)cc2)C1OP(=O)(O)O. The zero-order chi connectivity index (χ0) is 20.4. The van der Waals surface area contributed by atoms with Crippen molar-refractivity contribution in [1.82, 2.24) is 9.80 Å². The molecular weight excluding hydrogens is 382 g/mol. The first kappa shape index (κ1) is 22.9. The lowest BCUT2D eigenvalue weighted by Crippen LogP contribution is -2.41. The Labute approximate surface area is 167 Å². The minimum Gasteiger partial charge on any atom is -0.334 e. The molecule has 1 aliphatic heterocycles. The third kappa shape index (κ3) is 8.31. The van der Waals surface area contributed by atoms with Crippen LogP contribution in [-0.4, -0.2) is 39.0 Å². The monoisotopic (exact) mass is 414 g/mol.